The number of nitriles is 1. The van der Waals surface area contributed by atoms with E-state index in [1.165, 1.54) is 12.8 Å². The number of Topliss-reactive ketones (excluding diaryl/α,β-unsaturated/α-hetero) is 1. The number of carbonyl (C=O) groups excluding carboxylic acids is 1. The molecule has 2 aromatic carbocycles. The second-order valence-electron chi connectivity index (χ2n) is 6.49. The first-order valence-electron chi connectivity index (χ1n) is 8.80. The molecule has 130 valence electrons. The molecule has 1 aliphatic carbocycles. The van der Waals surface area contributed by atoms with Crippen LogP contribution in [0.25, 0.3) is 11.1 Å². The van der Waals surface area contributed by atoms with Crippen molar-refractivity contribution in [3.05, 3.63) is 60.0 Å². The number of ether oxygens (including phenoxy) is 1. The van der Waals surface area contributed by atoms with Crippen molar-refractivity contribution >= 4 is 16.9 Å². The van der Waals surface area contributed by atoms with Gasteiger partial charge in [0.05, 0.1) is 12.2 Å². The summed E-state index contributed by atoms with van der Waals surface area (Å²) in [6, 6.07) is 16.2. The average molecular weight is 346 g/mol. The Kier molecular flexibility index (Phi) is 4.40. The molecule has 1 atom stereocenters. The van der Waals surface area contributed by atoms with E-state index in [1.807, 2.05) is 18.2 Å². The minimum absolute atomic E-state index is 0.130. The van der Waals surface area contributed by atoms with E-state index in [9.17, 15) is 10.1 Å². The molecule has 3 aromatic rings. The lowest BCUT2D eigenvalue weighted by molar-refractivity contribution is 0.0970. The molecule has 0 saturated heterocycles. The molecular formula is C21H18N2O3. The van der Waals surface area contributed by atoms with Crippen LogP contribution >= 0.6 is 0 Å². The van der Waals surface area contributed by atoms with Gasteiger partial charge in [-0.2, -0.15) is 5.26 Å². The Morgan fingerprint density at radius 3 is 2.58 bits per heavy atom. The van der Waals surface area contributed by atoms with Gasteiger partial charge in [-0.3, -0.25) is 4.79 Å². The van der Waals surface area contributed by atoms with E-state index in [0.717, 1.165) is 18.6 Å². The summed E-state index contributed by atoms with van der Waals surface area (Å²) in [6.07, 6.45) is 4.83. The molecule has 0 bridgehead atoms. The number of carbonyl (C=O) groups is 1. The second kappa shape index (κ2) is 7.01. The maximum absolute atomic E-state index is 12.7. The van der Waals surface area contributed by atoms with Crippen molar-refractivity contribution in [2.75, 3.05) is 0 Å². The van der Waals surface area contributed by atoms with Crippen molar-refractivity contribution in [1.82, 2.24) is 4.98 Å². The largest absolute Gasteiger partial charge is 0.490 e. The summed E-state index contributed by atoms with van der Waals surface area (Å²) in [5, 5.41) is 9.49. The molecule has 0 spiro atoms. The number of rotatable bonds is 5. The Balaban J connectivity index is 1.54. The molecule has 1 aliphatic rings. The van der Waals surface area contributed by atoms with Crippen molar-refractivity contribution in [2.45, 2.75) is 37.7 Å². The van der Waals surface area contributed by atoms with Crippen LogP contribution in [-0.2, 0) is 0 Å². The van der Waals surface area contributed by atoms with Gasteiger partial charge in [0.2, 0.25) is 5.89 Å². The number of para-hydroxylation sites is 2. The molecule has 1 saturated carbocycles. The molecule has 0 unspecified atom stereocenters. The van der Waals surface area contributed by atoms with E-state index in [1.54, 1.807) is 36.4 Å². The van der Waals surface area contributed by atoms with Crippen LogP contribution in [0.4, 0.5) is 0 Å². The Labute approximate surface area is 151 Å². The summed E-state index contributed by atoms with van der Waals surface area (Å²) >= 11 is 0. The molecule has 4 rings (SSSR count). The molecule has 26 heavy (non-hydrogen) atoms. The zero-order chi connectivity index (χ0) is 17.9. The number of nitrogens with zero attached hydrogens (tertiary/aromatic N) is 2. The van der Waals surface area contributed by atoms with Gasteiger partial charge < -0.3 is 9.15 Å². The van der Waals surface area contributed by atoms with Gasteiger partial charge in [-0.1, -0.05) is 12.1 Å². The van der Waals surface area contributed by atoms with Gasteiger partial charge in [-0.05, 0) is 62.1 Å². The van der Waals surface area contributed by atoms with Crippen LogP contribution in [0, 0.1) is 11.3 Å². The maximum atomic E-state index is 12.7. The standard InChI is InChI=1S/C21H18N2O3/c22-13-17(21-23-18-7-3-4-8-19(18)26-21)20(24)14-9-11-16(12-10-14)25-15-5-1-2-6-15/h3-4,7-12,15,17H,1-2,5-6H2/t17-/m0/s1. The molecule has 1 aromatic heterocycles. The average Bonchev–Trinajstić information content (AvgIpc) is 3.32. The fourth-order valence-electron chi connectivity index (χ4n) is 3.30. The number of aromatic nitrogens is 1. The van der Waals surface area contributed by atoms with Crippen molar-refractivity contribution in [3.63, 3.8) is 0 Å². The fourth-order valence-corrected chi connectivity index (χ4v) is 3.30. The predicted octanol–water partition coefficient (Wildman–Crippen LogP) is 4.64. The number of oxazole rings is 1. The normalized spacial score (nSPS) is 15.7. The summed E-state index contributed by atoms with van der Waals surface area (Å²) in [5.41, 5.74) is 1.64. The van der Waals surface area contributed by atoms with Crippen molar-refractivity contribution < 1.29 is 13.9 Å². The molecule has 0 N–H and O–H groups in total. The Hall–Kier alpha value is -3.13. The number of benzene rings is 2. The van der Waals surface area contributed by atoms with Crippen LogP contribution in [0.5, 0.6) is 5.75 Å². The molecule has 5 heteroatoms. The summed E-state index contributed by atoms with van der Waals surface area (Å²) in [7, 11) is 0. The Morgan fingerprint density at radius 1 is 1.15 bits per heavy atom. The highest BCUT2D eigenvalue weighted by Gasteiger charge is 2.27. The van der Waals surface area contributed by atoms with Crippen molar-refractivity contribution in [3.8, 4) is 11.8 Å². The van der Waals surface area contributed by atoms with E-state index in [0.29, 0.717) is 16.7 Å². The van der Waals surface area contributed by atoms with E-state index in [-0.39, 0.29) is 17.8 Å². The number of fused-ring (bicyclic) bond motifs is 1. The van der Waals surface area contributed by atoms with Crippen LogP contribution in [0.3, 0.4) is 0 Å². The Morgan fingerprint density at radius 2 is 1.88 bits per heavy atom. The van der Waals surface area contributed by atoms with Crippen molar-refractivity contribution in [1.29, 1.82) is 5.26 Å². The van der Waals surface area contributed by atoms with E-state index < -0.39 is 5.92 Å². The smallest absolute Gasteiger partial charge is 0.220 e. The van der Waals surface area contributed by atoms with Crippen molar-refractivity contribution in [2.24, 2.45) is 0 Å². The van der Waals surface area contributed by atoms with Gasteiger partial charge in [0.1, 0.15) is 11.3 Å². The third-order valence-corrected chi connectivity index (χ3v) is 4.69. The van der Waals surface area contributed by atoms with Crippen LogP contribution in [0.15, 0.2) is 52.9 Å². The SMILES string of the molecule is N#C[C@@H](C(=O)c1ccc(OC2CCCC2)cc1)c1nc2ccccc2o1. The molecule has 0 aliphatic heterocycles. The first-order valence-corrected chi connectivity index (χ1v) is 8.80. The molecule has 1 heterocycles. The van der Waals surface area contributed by atoms with Gasteiger partial charge in [0, 0.05) is 5.56 Å². The highest BCUT2D eigenvalue weighted by atomic mass is 16.5. The predicted molar refractivity (Wildman–Crippen MR) is 96.0 cm³/mol. The molecule has 1 fully saturated rings. The van der Waals surface area contributed by atoms with Crippen LogP contribution in [0.2, 0.25) is 0 Å². The summed E-state index contributed by atoms with van der Waals surface area (Å²) in [6.45, 7) is 0. The van der Waals surface area contributed by atoms with Crippen LogP contribution in [-0.4, -0.2) is 16.9 Å². The lowest BCUT2D eigenvalue weighted by Gasteiger charge is -2.13. The fraction of sp³-hybridized carbons (Fsp3) is 0.286. The number of ketones is 1. The van der Waals surface area contributed by atoms with Gasteiger partial charge in [0.15, 0.2) is 17.3 Å². The highest BCUT2D eigenvalue weighted by Crippen LogP contribution is 2.27. The van der Waals surface area contributed by atoms with Crippen LogP contribution in [0.1, 0.15) is 47.8 Å². The first kappa shape index (κ1) is 16.3. The second-order valence-corrected chi connectivity index (χ2v) is 6.49. The summed E-state index contributed by atoms with van der Waals surface area (Å²) < 4.78 is 11.5. The lowest BCUT2D eigenvalue weighted by atomic mass is 9.99. The summed E-state index contributed by atoms with van der Waals surface area (Å²) in [4.78, 5) is 17.0. The van der Waals surface area contributed by atoms with E-state index in [2.05, 4.69) is 4.98 Å². The monoisotopic (exact) mass is 346 g/mol. The van der Waals surface area contributed by atoms with E-state index >= 15 is 0 Å². The lowest BCUT2D eigenvalue weighted by Crippen LogP contribution is -2.13. The molecule has 0 radical (unpaired) electrons. The van der Waals surface area contributed by atoms with Gasteiger partial charge in [-0.25, -0.2) is 4.98 Å². The zero-order valence-corrected chi connectivity index (χ0v) is 14.2. The van der Waals surface area contributed by atoms with E-state index in [4.69, 9.17) is 9.15 Å². The quantitative estimate of drug-likeness (QED) is 0.629. The molecule has 0 amide bonds. The van der Waals surface area contributed by atoms with Gasteiger partial charge >= 0.3 is 0 Å². The molecular weight excluding hydrogens is 328 g/mol. The van der Waals surface area contributed by atoms with Gasteiger partial charge in [0.25, 0.3) is 0 Å². The van der Waals surface area contributed by atoms with Crippen LogP contribution < -0.4 is 4.74 Å². The third kappa shape index (κ3) is 3.18. The topological polar surface area (TPSA) is 76.1 Å². The third-order valence-electron chi connectivity index (χ3n) is 4.69. The molecule has 5 nitrogen and oxygen atoms in total. The first-order chi connectivity index (χ1) is 12.7. The maximum Gasteiger partial charge on any atom is 0.220 e. The zero-order valence-electron chi connectivity index (χ0n) is 14.2. The Bertz CT molecular complexity index is 930. The summed E-state index contributed by atoms with van der Waals surface area (Å²) in [5.74, 6) is -0.510. The highest BCUT2D eigenvalue weighted by molar-refractivity contribution is 6.02. The minimum atomic E-state index is -1.07. The van der Waals surface area contributed by atoms with Gasteiger partial charge in [-0.15, -0.1) is 0 Å². The number of hydrogen-bond donors (Lipinski definition) is 0. The minimum Gasteiger partial charge on any atom is -0.490 e. The number of hydrogen-bond acceptors (Lipinski definition) is 5.